The molecule has 3 aliphatic rings. The lowest BCUT2D eigenvalue weighted by Gasteiger charge is -2.32. The molecular weight excluding hydrogens is 510 g/mol. The van der Waals surface area contributed by atoms with E-state index in [1.54, 1.807) is 11.6 Å². The van der Waals surface area contributed by atoms with Crippen molar-refractivity contribution in [2.75, 3.05) is 25.0 Å². The summed E-state index contributed by atoms with van der Waals surface area (Å²) in [5, 5.41) is 17.6. The van der Waals surface area contributed by atoms with Crippen LogP contribution >= 0.6 is 0 Å². The Bertz CT molecular complexity index is 1560. The maximum Gasteiger partial charge on any atom is 0.339 e. The second-order valence-corrected chi connectivity index (χ2v) is 12.0. The Morgan fingerprint density at radius 2 is 1.76 bits per heavy atom. The zero-order valence-electron chi connectivity index (χ0n) is 23.6. The number of aromatic carboxylic acids is 1. The molecule has 0 bridgehead atoms. The molecule has 2 fully saturated rings. The van der Waals surface area contributed by atoms with E-state index in [4.69, 9.17) is 4.98 Å². The van der Waals surface area contributed by atoms with Gasteiger partial charge in [0.25, 0.3) is 0 Å². The zero-order valence-corrected chi connectivity index (χ0v) is 23.6. The summed E-state index contributed by atoms with van der Waals surface area (Å²) in [5.41, 5.74) is 8.00. The van der Waals surface area contributed by atoms with Crippen LogP contribution in [0, 0.1) is 12.8 Å². The van der Waals surface area contributed by atoms with Gasteiger partial charge in [0.15, 0.2) is 5.82 Å². The van der Waals surface area contributed by atoms with Gasteiger partial charge in [-0.15, -0.1) is 0 Å². The second-order valence-electron chi connectivity index (χ2n) is 12.0. The first kappa shape index (κ1) is 26.0. The molecular formula is C34H37N5O2. The van der Waals surface area contributed by atoms with Crippen molar-refractivity contribution in [1.29, 1.82) is 0 Å². The molecule has 7 heteroatoms. The summed E-state index contributed by atoms with van der Waals surface area (Å²) in [7, 11) is 0. The molecule has 0 amide bonds. The van der Waals surface area contributed by atoms with E-state index in [9.17, 15) is 9.90 Å². The van der Waals surface area contributed by atoms with Crippen LogP contribution in [0.4, 0.5) is 5.69 Å². The molecule has 2 aliphatic carbocycles. The minimum Gasteiger partial charge on any atom is -0.478 e. The number of fused-ring (bicyclic) bond motifs is 1. The number of rotatable bonds is 8. The number of anilines is 1. The summed E-state index contributed by atoms with van der Waals surface area (Å²) in [5.74, 6) is 1.27. The largest absolute Gasteiger partial charge is 0.478 e. The average molecular weight is 548 g/mol. The van der Waals surface area contributed by atoms with E-state index in [-0.39, 0.29) is 11.6 Å². The van der Waals surface area contributed by atoms with Crippen molar-refractivity contribution in [2.45, 2.75) is 57.4 Å². The quantitative estimate of drug-likeness (QED) is 0.258. The van der Waals surface area contributed by atoms with Crippen molar-refractivity contribution < 1.29 is 9.90 Å². The van der Waals surface area contributed by atoms with Crippen LogP contribution in [-0.4, -0.2) is 50.4 Å². The van der Waals surface area contributed by atoms with Gasteiger partial charge in [-0.2, -0.15) is 5.10 Å². The molecule has 1 unspecified atom stereocenters. The lowest BCUT2D eigenvalue weighted by atomic mass is 9.89. The van der Waals surface area contributed by atoms with Crippen LogP contribution in [0.2, 0.25) is 0 Å². The van der Waals surface area contributed by atoms with Gasteiger partial charge in [-0.3, -0.25) is 0 Å². The Hall–Kier alpha value is -3.97. The van der Waals surface area contributed by atoms with Crippen LogP contribution in [0.15, 0.2) is 66.9 Å². The number of aryl methyl sites for hydroxylation is 1. The van der Waals surface area contributed by atoms with Gasteiger partial charge in [0.2, 0.25) is 0 Å². The fourth-order valence-corrected chi connectivity index (χ4v) is 6.76. The third kappa shape index (κ3) is 5.26. The number of carboxylic acids is 1. The molecule has 1 saturated carbocycles. The van der Waals surface area contributed by atoms with Gasteiger partial charge in [-0.1, -0.05) is 36.4 Å². The highest BCUT2D eigenvalue weighted by atomic mass is 16.4. The van der Waals surface area contributed by atoms with Crippen LogP contribution in [0.5, 0.6) is 0 Å². The fraction of sp³-hybridized carbons (Fsp3) is 0.382. The Morgan fingerprint density at radius 1 is 0.976 bits per heavy atom. The van der Waals surface area contributed by atoms with Crippen LogP contribution in [0.25, 0.3) is 17.1 Å². The van der Waals surface area contributed by atoms with Gasteiger partial charge in [0.05, 0.1) is 23.6 Å². The van der Waals surface area contributed by atoms with Crippen molar-refractivity contribution >= 4 is 11.7 Å². The SMILES string of the molecule is Cc1c(C(=O)O)cnn1-c1cccc(-c2cccc3c2C(Nc2ccc(C4CCN(CC5CC5)CC4)cc2)CC3)n1. The summed E-state index contributed by atoms with van der Waals surface area (Å²) < 4.78 is 1.60. The molecule has 0 spiro atoms. The Balaban J connectivity index is 1.09. The van der Waals surface area contributed by atoms with E-state index in [2.05, 4.69) is 57.8 Å². The highest BCUT2D eigenvalue weighted by molar-refractivity contribution is 5.88. The molecule has 2 aromatic heterocycles. The van der Waals surface area contributed by atoms with Crippen LogP contribution in [0.3, 0.4) is 0 Å². The van der Waals surface area contributed by atoms with Crippen molar-refractivity contribution in [1.82, 2.24) is 19.7 Å². The molecule has 1 saturated heterocycles. The molecule has 3 heterocycles. The van der Waals surface area contributed by atoms with Gasteiger partial charge in [-0.05, 0) is 111 Å². The normalized spacial score (nSPS) is 19.3. The van der Waals surface area contributed by atoms with Crippen molar-refractivity contribution in [3.8, 4) is 17.1 Å². The van der Waals surface area contributed by atoms with E-state index in [0.717, 1.165) is 35.7 Å². The average Bonchev–Trinajstić information content (AvgIpc) is 3.58. The van der Waals surface area contributed by atoms with Gasteiger partial charge in [0, 0.05) is 17.8 Å². The number of carbonyl (C=O) groups is 1. The van der Waals surface area contributed by atoms with Crippen molar-refractivity contribution in [3.63, 3.8) is 0 Å². The van der Waals surface area contributed by atoms with Gasteiger partial charge >= 0.3 is 5.97 Å². The number of nitrogens with one attached hydrogen (secondary N) is 1. The third-order valence-corrected chi connectivity index (χ3v) is 9.24. The van der Waals surface area contributed by atoms with E-state index in [0.29, 0.717) is 17.4 Å². The standard InChI is InChI=1S/C34H37N5O2/c1-22-29(34(40)41)20-35-39(22)32-7-3-6-30(37-32)28-5-2-4-26-12-15-31(33(26)28)36-27-13-10-24(11-14-27)25-16-18-38(19-17-25)21-23-8-9-23/h2-7,10-11,13-14,20,23,25,31,36H,8-9,12,15-19,21H2,1H3,(H,40,41). The van der Waals surface area contributed by atoms with Crippen LogP contribution in [-0.2, 0) is 6.42 Å². The molecule has 7 rings (SSSR count). The molecule has 4 aromatic rings. The number of benzene rings is 2. The molecule has 210 valence electrons. The fourth-order valence-electron chi connectivity index (χ4n) is 6.76. The first-order valence-electron chi connectivity index (χ1n) is 15.0. The van der Waals surface area contributed by atoms with E-state index in [1.165, 1.54) is 68.2 Å². The van der Waals surface area contributed by atoms with Gasteiger partial charge in [0.1, 0.15) is 5.56 Å². The Kier molecular flexibility index (Phi) is 6.83. The number of piperidine rings is 1. The van der Waals surface area contributed by atoms with Crippen LogP contribution < -0.4 is 5.32 Å². The van der Waals surface area contributed by atoms with E-state index < -0.39 is 5.97 Å². The third-order valence-electron chi connectivity index (χ3n) is 9.24. The minimum atomic E-state index is -0.984. The summed E-state index contributed by atoms with van der Waals surface area (Å²) in [6.07, 6.45) is 8.84. The zero-order chi connectivity index (χ0) is 27.9. The minimum absolute atomic E-state index is 0.187. The number of hydrogen-bond donors (Lipinski definition) is 2. The topological polar surface area (TPSA) is 83.3 Å². The number of hydrogen-bond acceptors (Lipinski definition) is 5. The Morgan fingerprint density at radius 3 is 2.49 bits per heavy atom. The first-order valence-corrected chi connectivity index (χ1v) is 15.0. The second kappa shape index (κ2) is 10.8. The van der Waals surface area contributed by atoms with Crippen molar-refractivity contribution in [3.05, 3.63) is 94.8 Å². The molecule has 41 heavy (non-hydrogen) atoms. The maximum absolute atomic E-state index is 11.5. The number of aromatic nitrogens is 3. The lowest BCUT2D eigenvalue weighted by molar-refractivity contribution is 0.0696. The van der Waals surface area contributed by atoms with Gasteiger partial charge in [-0.25, -0.2) is 14.5 Å². The molecule has 7 nitrogen and oxygen atoms in total. The van der Waals surface area contributed by atoms with Crippen LogP contribution in [0.1, 0.15) is 76.8 Å². The molecule has 2 aromatic carbocycles. The first-order chi connectivity index (χ1) is 20.0. The Labute approximate surface area is 241 Å². The highest BCUT2D eigenvalue weighted by Gasteiger charge is 2.29. The molecule has 0 radical (unpaired) electrons. The predicted octanol–water partition coefficient (Wildman–Crippen LogP) is 6.63. The predicted molar refractivity (Wildman–Crippen MR) is 161 cm³/mol. The number of pyridine rings is 1. The summed E-state index contributed by atoms with van der Waals surface area (Å²) in [4.78, 5) is 19.1. The number of nitrogens with zero attached hydrogens (tertiary/aromatic N) is 4. The smallest absolute Gasteiger partial charge is 0.339 e. The molecule has 1 atom stereocenters. The number of likely N-dealkylation sites (tertiary alicyclic amines) is 1. The molecule has 1 aliphatic heterocycles. The summed E-state index contributed by atoms with van der Waals surface area (Å²) in [6.45, 7) is 5.54. The van der Waals surface area contributed by atoms with Gasteiger partial charge < -0.3 is 15.3 Å². The monoisotopic (exact) mass is 547 g/mol. The van der Waals surface area contributed by atoms with E-state index >= 15 is 0 Å². The van der Waals surface area contributed by atoms with E-state index in [1.807, 2.05) is 18.2 Å². The highest BCUT2D eigenvalue weighted by Crippen LogP contribution is 2.40. The summed E-state index contributed by atoms with van der Waals surface area (Å²) in [6, 6.07) is 21.7. The van der Waals surface area contributed by atoms with Crippen molar-refractivity contribution in [2.24, 2.45) is 5.92 Å². The molecule has 2 N–H and O–H groups in total. The lowest BCUT2D eigenvalue weighted by Crippen LogP contribution is -2.34. The summed E-state index contributed by atoms with van der Waals surface area (Å²) >= 11 is 0. The number of carboxylic acid groups (broad SMARTS) is 1. The maximum atomic E-state index is 11.5.